The topological polar surface area (TPSA) is 103 Å². The SMILES string of the molecule is Cl.O=c1c2cccc3ncc(c(=O)n1Cc1ccc(NS(=O)(=O)C(F)(F)F)cc1)n32. The number of anilines is 1. The lowest BCUT2D eigenvalue weighted by Gasteiger charge is -2.11. The first-order valence-corrected chi connectivity index (χ1v) is 9.57. The minimum Gasteiger partial charge on any atom is -0.283 e. The van der Waals surface area contributed by atoms with Crippen molar-refractivity contribution in [3.8, 4) is 0 Å². The highest BCUT2D eigenvalue weighted by Gasteiger charge is 2.46. The standard InChI is InChI=1S/C17H11F3N4O4S.ClH/c18-17(19,20)29(27,28)22-11-6-4-10(5-7-11)9-23-15(25)12-2-1-3-14-21-8-13(16(23)26)24(12)14;/h1-8,22H,9H2;1H. The van der Waals surface area contributed by atoms with Crippen molar-refractivity contribution in [2.75, 3.05) is 4.72 Å². The van der Waals surface area contributed by atoms with E-state index in [1.807, 2.05) is 0 Å². The fraction of sp³-hybridized carbons (Fsp3) is 0.118. The van der Waals surface area contributed by atoms with Gasteiger partial charge in [-0.25, -0.2) is 4.98 Å². The first kappa shape index (κ1) is 21.6. The van der Waals surface area contributed by atoms with Crippen molar-refractivity contribution in [3.05, 3.63) is 74.9 Å². The van der Waals surface area contributed by atoms with Gasteiger partial charge in [0.1, 0.15) is 16.7 Å². The number of hydrogen-bond donors (Lipinski definition) is 1. The number of nitrogens with zero attached hydrogens (tertiary/aromatic N) is 3. The van der Waals surface area contributed by atoms with Crippen molar-refractivity contribution < 1.29 is 21.6 Å². The molecule has 4 aromatic rings. The average Bonchev–Trinajstić information content (AvgIpc) is 3.09. The molecule has 0 saturated carbocycles. The maximum atomic E-state index is 12.7. The molecule has 13 heteroatoms. The number of halogens is 4. The number of pyridine rings is 1. The van der Waals surface area contributed by atoms with E-state index in [9.17, 15) is 31.2 Å². The van der Waals surface area contributed by atoms with E-state index in [1.54, 1.807) is 18.2 Å². The zero-order valence-corrected chi connectivity index (χ0v) is 16.4. The number of benzene rings is 1. The molecular weight excluding hydrogens is 449 g/mol. The quantitative estimate of drug-likeness (QED) is 0.503. The number of hydrogen-bond acceptors (Lipinski definition) is 5. The van der Waals surface area contributed by atoms with Crippen LogP contribution in [0.1, 0.15) is 5.56 Å². The lowest BCUT2D eigenvalue weighted by Crippen LogP contribution is -2.35. The minimum absolute atomic E-state index is 0. The second-order valence-corrected chi connectivity index (χ2v) is 7.87. The lowest BCUT2D eigenvalue weighted by atomic mass is 10.2. The van der Waals surface area contributed by atoms with Gasteiger partial charge in [-0.3, -0.25) is 23.3 Å². The predicted octanol–water partition coefficient (Wildman–Crippen LogP) is 2.18. The van der Waals surface area contributed by atoms with E-state index in [1.165, 1.54) is 27.5 Å². The van der Waals surface area contributed by atoms with Crippen LogP contribution in [0.25, 0.3) is 16.7 Å². The summed E-state index contributed by atoms with van der Waals surface area (Å²) in [5.41, 5.74) is -5.51. The van der Waals surface area contributed by atoms with E-state index in [2.05, 4.69) is 4.98 Å². The van der Waals surface area contributed by atoms with Crippen LogP contribution in [0.3, 0.4) is 0 Å². The summed E-state index contributed by atoms with van der Waals surface area (Å²) in [5, 5.41) is 0. The molecule has 0 saturated heterocycles. The van der Waals surface area contributed by atoms with Crippen molar-refractivity contribution in [1.29, 1.82) is 0 Å². The third kappa shape index (κ3) is 3.48. The van der Waals surface area contributed by atoms with Gasteiger partial charge in [-0.15, -0.1) is 12.4 Å². The zero-order valence-electron chi connectivity index (χ0n) is 14.8. The van der Waals surface area contributed by atoms with Crippen LogP contribution in [0.15, 0.2) is 58.3 Å². The molecule has 0 spiro atoms. The van der Waals surface area contributed by atoms with Gasteiger partial charge in [-0.05, 0) is 29.8 Å². The molecule has 0 unspecified atom stereocenters. The third-order valence-electron chi connectivity index (χ3n) is 4.31. The summed E-state index contributed by atoms with van der Waals surface area (Å²) in [6.07, 6.45) is 1.36. The first-order valence-electron chi connectivity index (χ1n) is 8.09. The fourth-order valence-corrected chi connectivity index (χ4v) is 3.50. The summed E-state index contributed by atoms with van der Waals surface area (Å²) < 4.78 is 63.5. The Balaban J connectivity index is 0.00000256. The van der Waals surface area contributed by atoms with Crippen LogP contribution in [0, 0.1) is 0 Å². The Morgan fingerprint density at radius 2 is 1.60 bits per heavy atom. The van der Waals surface area contributed by atoms with E-state index in [4.69, 9.17) is 0 Å². The van der Waals surface area contributed by atoms with Crippen LogP contribution in [-0.2, 0) is 16.6 Å². The highest BCUT2D eigenvalue weighted by atomic mass is 35.5. The van der Waals surface area contributed by atoms with E-state index in [0.717, 1.165) is 16.7 Å². The van der Waals surface area contributed by atoms with E-state index >= 15 is 0 Å². The highest BCUT2D eigenvalue weighted by Crippen LogP contribution is 2.25. The molecule has 0 atom stereocenters. The molecule has 1 N–H and O–H groups in total. The van der Waals surface area contributed by atoms with E-state index < -0.39 is 26.7 Å². The van der Waals surface area contributed by atoms with Gasteiger partial charge in [0.05, 0.1) is 12.7 Å². The Hall–Kier alpha value is -3.12. The second kappa shape index (κ2) is 7.29. The van der Waals surface area contributed by atoms with Crippen molar-refractivity contribution in [3.63, 3.8) is 0 Å². The van der Waals surface area contributed by atoms with Gasteiger partial charge in [0.25, 0.3) is 11.1 Å². The molecule has 3 heterocycles. The average molecular weight is 461 g/mol. The number of imidazole rings is 1. The summed E-state index contributed by atoms with van der Waals surface area (Å²) in [5.74, 6) is 0. The molecule has 30 heavy (non-hydrogen) atoms. The molecule has 3 aromatic heterocycles. The van der Waals surface area contributed by atoms with Crippen LogP contribution >= 0.6 is 12.4 Å². The van der Waals surface area contributed by atoms with Crippen LogP contribution < -0.4 is 15.8 Å². The largest absolute Gasteiger partial charge is 0.516 e. The van der Waals surface area contributed by atoms with Gasteiger partial charge < -0.3 is 0 Å². The Kier molecular flexibility index (Phi) is 5.24. The lowest BCUT2D eigenvalue weighted by molar-refractivity contribution is -0.0429. The normalized spacial score (nSPS) is 12.2. The Morgan fingerprint density at radius 1 is 0.967 bits per heavy atom. The number of sulfonamides is 1. The summed E-state index contributed by atoms with van der Waals surface area (Å²) in [6.45, 7) is -0.147. The van der Waals surface area contributed by atoms with Gasteiger partial charge >= 0.3 is 15.5 Å². The van der Waals surface area contributed by atoms with Crippen LogP contribution in [-0.4, -0.2) is 27.9 Å². The fourth-order valence-electron chi connectivity index (χ4n) is 2.94. The number of nitrogens with one attached hydrogen (secondary N) is 1. The van der Waals surface area contributed by atoms with Gasteiger partial charge in [-0.1, -0.05) is 18.2 Å². The van der Waals surface area contributed by atoms with Gasteiger partial charge in [-0.2, -0.15) is 21.6 Å². The van der Waals surface area contributed by atoms with Crippen LogP contribution in [0.5, 0.6) is 0 Å². The molecule has 1 aromatic carbocycles. The summed E-state index contributed by atoms with van der Waals surface area (Å²) >= 11 is 0. The second-order valence-electron chi connectivity index (χ2n) is 6.19. The van der Waals surface area contributed by atoms with Crippen LogP contribution in [0.4, 0.5) is 18.9 Å². The maximum absolute atomic E-state index is 12.7. The molecular formula is C17H12ClF3N4O4S. The zero-order chi connectivity index (χ0) is 21.0. The van der Waals surface area contributed by atoms with E-state index in [-0.39, 0.29) is 35.7 Å². The number of alkyl halides is 3. The van der Waals surface area contributed by atoms with Crippen molar-refractivity contribution in [1.82, 2.24) is 14.0 Å². The minimum atomic E-state index is -5.54. The highest BCUT2D eigenvalue weighted by molar-refractivity contribution is 7.93. The van der Waals surface area contributed by atoms with Crippen molar-refractivity contribution in [2.45, 2.75) is 12.1 Å². The van der Waals surface area contributed by atoms with Gasteiger partial charge in [0, 0.05) is 5.69 Å². The number of aromatic nitrogens is 3. The molecule has 158 valence electrons. The molecule has 0 bridgehead atoms. The summed E-state index contributed by atoms with van der Waals surface area (Å²) in [6, 6.07) is 9.71. The molecule has 8 nitrogen and oxygen atoms in total. The maximum Gasteiger partial charge on any atom is 0.516 e. The summed E-state index contributed by atoms with van der Waals surface area (Å²) in [4.78, 5) is 29.5. The summed E-state index contributed by atoms with van der Waals surface area (Å²) in [7, 11) is -5.54. The van der Waals surface area contributed by atoms with Crippen molar-refractivity contribution in [2.24, 2.45) is 0 Å². The first-order chi connectivity index (χ1) is 13.6. The molecule has 0 amide bonds. The van der Waals surface area contributed by atoms with Gasteiger partial charge in [0.2, 0.25) is 0 Å². The molecule has 0 aliphatic rings. The predicted molar refractivity (Wildman–Crippen MR) is 106 cm³/mol. The Bertz CT molecular complexity index is 1450. The molecule has 0 fully saturated rings. The molecule has 0 radical (unpaired) electrons. The molecule has 0 aliphatic heterocycles. The monoisotopic (exact) mass is 460 g/mol. The molecule has 4 rings (SSSR count). The Labute approximate surface area is 172 Å². The van der Waals surface area contributed by atoms with Crippen LogP contribution in [0.2, 0.25) is 0 Å². The smallest absolute Gasteiger partial charge is 0.283 e. The molecule has 0 aliphatic carbocycles. The van der Waals surface area contributed by atoms with E-state index in [0.29, 0.717) is 11.2 Å². The van der Waals surface area contributed by atoms with Crippen molar-refractivity contribution >= 4 is 44.8 Å². The third-order valence-corrected chi connectivity index (χ3v) is 5.42. The Morgan fingerprint density at radius 3 is 2.23 bits per heavy atom. The number of rotatable bonds is 4. The van der Waals surface area contributed by atoms with Gasteiger partial charge in [0.15, 0.2) is 0 Å².